The van der Waals surface area contributed by atoms with Gasteiger partial charge in [-0.3, -0.25) is 0 Å². The summed E-state index contributed by atoms with van der Waals surface area (Å²) in [5.41, 5.74) is 1.29. The predicted molar refractivity (Wildman–Crippen MR) is 69.4 cm³/mol. The highest BCUT2D eigenvalue weighted by Gasteiger charge is 2.21. The number of hydrogen-bond acceptors (Lipinski definition) is 4. The van der Waals surface area contributed by atoms with Crippen LogP contribution in [-0.2, 0) is 4.74 Å². The van der Waals surface area contributed by atoms with E-state index in [-0.39, 0.29) is 24.8 Å². The SMILES string of the molecule is COCC(CO)n1c(C)nc2cccc(C(=O)O)c21. The van der Waals surface area contributed by atoms with Crippen molar-refractivity contribution in [3.63, 3.8) is 0 Å². The lowest BCUT2D eigenvalue weighted by Crippen LogP contribution is -2.20. The topological polar surface area (TPSA) is 84.6 Å². The third-order valence-corrected chi connectivity index (χ3v) is 3.05. The molecule has 1 heterocycles. The number of carboxylic acid groups (broad SMARTS) is 1. The van der Waals surface area contributed by atoms with Crippen LogP contribution in [0.25, 0.3) is 11.0 Å². The lowest BCUT2D eigenvalue weighted by molar-refractivity contribution is 0.0697. The van der Waals surface area contributed by atoms with Gasteiger partial charge in [0, 0.05) is 7.11 Å². The maximum atomic E-state index is 11.3. The van der Waals surface area contributed by atoms with Gasteiger partial charge in [-0.2, -0.15) is 0 Å². The Balaban J connectivity index is 2.71. The summed E-state index contributed by atoms with van der Waals surface area (Å²) in [6, 6.07) is 4.60. The number of fused-ring (bicyclic) bond motifs is 1. The summed E-state index contributed by atoms with van der Waals surface area (Å²) >= 11 is 0. The lowest BCUT2D eigenvalue weighted by Gasteiger charge is -2.18. The molecular formula is C13H16N2O4. The fourth-order valence-corrected chi connectivity index (χ4v) is 2.29. The molecule has 0 spiro atoms. The number of aromatic carboxylic acids is 1. The van der Waals surface area contributed by atoms with E-state index in [9.17, 15) is 15.0 Å². The molecule has 1 aromatic heterocycles. The average molecular weight is 264 g/mol. The van der Waals surface area contributed by atoms with Gasteiger partial charge in [-0.25, -0.2) is 9.78 Å². The molecule has 6 heteroatoms. The number of aromatic nitrogens is 2. The van der Waals surface area contributed by atoms with Crippen LogP contribution in [0.5, 0.6) is 0 Å². The van der Waals surface area contributed by atoms with Crippen LogP contribution >= 0.6 is 0 Å². The highest BCUT2D eigenvalue weighted by Crippen LogP contribution is 2.24. The maximum absolute atomic E-state index is 11.3. The monoisotopic (exact) mass is 264 g/mol. The van der Waals surface area contributed by atoms with Crippen molar-refractivity contribution in [2.75, 3.05) is 20.3 Å². The van der Waals surface area contributed by atoms with Gasteiger partial charge in [0.1, 0.15) is 5.82 Å². The van der Waals surface area contributed by atoms with Crippen LogP contribution in [0.4, 0.5) is 0 Å². The second-order valence-corrected chi connectivity index (χ2v) is 4.30. The van der Waals surface area contributed by atoms with E-state index >= 15 is 0 Å². The fraction of sp³-hybridized carbons (Fsp3) is 0.385. The number of aliphatic hydroxyl groups is 1. The normalized spacial score (nSPS) is 12.8. The zero-order chi connectivity index (χ0) is 14.0. The summed E-state index contributed by atoms with van der Waals surface area (Å²) < 4.78 is 6.79. The zero-order valence-electron chi connectivity index (χ0n) is 10.8. The molecule has 102 valence electrons. The Kier molecular flexibility index (Phi) is 3.82. The van der Waals surface area contributed by atoms with Crippen molar-refractivity contribution in [2.24, 2.45) is 0 Å². The van der Waals surface area contributed by atoms with Gasteiger partial charge >= 0.3 is 5.97 Å². The first-order chi connectivity index (χ1) is 9.10. The van der Waals surface area contributed by atoms with E-state index in [2.05, 4.69) is 4.98 Å². The Hall–Kier alpha value is -1.92. The largest absolute Gasteiger partial charge is 0.478 e. The number of hydrogen-bond donors (Lipinski definition) is 2. The lowest BCUT2D eigenvalue weighted by atomic mass is 10.1. The van der Waals surface area contributed by atoms with E-state index in [1.807, 2.05) is 0 Å². The van der Waals surface area contributed by atoms with Crippen molar-refractivity contribution in [3.05, 3.63) is 29.6 Å². The summed E-state index contributed by atoms with van der Waals surface area (Å²) in [5, 5.41) is 18.7. The number of para-hydroxylation sites is 1. The second kappa shape index (κ2) is 5.38. The summed E-state index contributed by atoms with van der Waals surface area (Å²) in [6.45, 7) is 1.93. The van der Waals surface area contributed by atoms with E-state index in [1.165, 1.54) is 13.2 Å². The standard InChI is InChI=1S/C13H16N2O4/c1-8-14-11-5-3-4-10(13(17)18)12(11)15(8)9(6-16)7-19-2/h3-5,9,16H,6-7H2,1-2H3,(H,17,18). The van der Waals surface area contributed by atoms with Crippen molar-refractivity contribution in [2.45, 2.75) is 13.0 Å². The number of rotatable bonds is 5. The molecular weight excluding hydrogens is 248 g/mol. The number of nitrogens with zero attached hydrogens (tertiary/aromatic N) is 2. The highest BCUT2D eigenvalue weighted by atomic mass is 16.5. The number of carboxylic acids is 1. The predicted octanol–water partition coefficient (Wildman–Crippen LogP) is 1.22. The van der Waals surface area contributed by atoms with Crippen molar-refractivity contribution < 1.29 is 19.7 Å². The summed E-state index contributed by atoms with van der Waals surface area (Å²) in [7, 11) is 1.54. The number of methoxy groups -OCH3 is 1. The maximum Gasteiger partial charge on any atom is 0.337 e. The molecule has 0 saturated heterocycles. The van der Waals surface area contributed by atoms with Gasteiger partial charge in [0.25, 0.3) is 0 Å². The van der Waals surface area contributed by atoms with Gasteiger partial charge in [0.2, 0.25) is 0 Å². The van der Waals surface area contributed by atoms with E-state index in [4.69, 9.17) is 4.74 Å². The molecule has 6 nitrogen and oxygen atoms in total. The van der Waals surface area contributed by atoms with E-state index < -0.39 is 5.97 Å². The van der Waals surface area contributed by atoms with Crippen molar-refractivity contribution in [1.29, 1.82) is 0 Å². The summed E-state index contributed by atoms with van der Waals surface area (Å²) in [6.07, 6.45) is 0. The minimum Gasteiger partial charge on any atom is -0.478 e. The quantitative estimate of drug-likeness (QED) is 0.848. The van der Waals surface area contributed by atoms with Gasteiger partial charge in [-0.1, -0.05) is 6.07 Å². The number of ether oxygens (including phenoxy) is 1. The van der Waals surface area contributed by atoms with E-state index in [0.29, 0.717) is 16.9 Å². The Morgan fingerprint density at radius 2 is 2.26 bits per heavy atom. The molecule has 1 aromatic carbocycles. The van der Waals surface area contributed by atoms with Crippen molar-refractivity contribution in [1.82, 2.24) is 9.55 Å². The molecule has 2 aromatic rings. The Morgan fingerprint density at radius 3 is 2.84 bits per heavy atom. The van der Waals surface area contributed by atoms with E-state index in [1.54, 1.807) is 23.6 Å². The first kappa shape index (κ1) is 13.5. The van der Waals surface area contributed by atoms with E-state index in [0.717, 1.165) is 0 Å². The molecule has 2 rings (SSSR count). The minimum absolute atomic E-state index is 0.145. The fourth-order valence-electron chi connectivity index (χ4n) is 2.29. The second-order valence-electron chi connectivity index (χ2n) is 4.30. The molecule has 1 atom stereocenters. The first-order valence-corrected chi connectivity index (χ1v) is 5.90. The Morgan fingerprint density at radius 1 is 1.53 bits per heavy atom. The molecule has 0 radical (unpaired) electrons. The minimum atomic E-state index is -1.01. The summed E-state index contributed by atoms with van der Waals surface area (Å²) in [5.74, 6) is -0.361. The van der Waals surface area contributed by atoms with Crippen LogP contribution in [0.3, 0.4) is 0 Å². The van der Waals surface area contributed by atoms with Gasteiger partial charge in [0.15, 0.2) is 0 Å². The number of aryl methyl sites for hydroxylation is 1. The molecule has 2 N–H and O–H groups in total. The number of carbonyl (C=O) groups is 1. The van der Waals surface area contributed by atoms with Gasteiger partial charge in [-0.05, 0) is 19.1 Å². The van der Waals surface area contributed by atoms with Crippen molar-refractivity contribution in [3.8, 4) is 0 Å². The molecule has 0 bridgehead atoms. The average Bonchev–Trinajstić information content (AvgIpc) is 2.71. The van der Waals surface area contributed by atoms with Crippen LogP contribution in [-0.4, -0.2) is 46.1 Å². The Bertz CT molecular complexity index is 606. The zero-order valence-corrected chi connectivity index (χ0v) is 10.8. The molecule has 0 amide bonds. The van der Waals surface area contributed by atoms with Crippen LogP contribution < -0.4 is 0 Å². The van der Waals surface area contributed by atoms with Gasteiger partial charge < -0.3 is 19.5 Å². The summed E-state index contributed by atoms with van der Waals surface area (Å²) in [4.78, 5) is 15.7. The third-order valence-electron chi connectivity index (χ3n) is 3.05. The molecule has 0 aliphatic heterocycles. The smallest absolute Gasteiger partial charge is 0.337 e. The van der Waals surface area contributed by atoms with Gasteiger partial charge in [0.05, 0.1) is 35.9 Å². The molecule has 19 heavy (non-hydrogen) atoms. The van der Waals surface area contributed by atoms with Crippen LogP contribution in [0.1, 0.15) is 22.2 Å². The van der Waals surface area contributed by atoms with Crippen LogP contribution in [0, 0.1) is 6.92 Å². The molecule has 0 aliphatic carbocycles. The number of benzene rings is 1. The van der Waals surface area contributed by atoms with Crippen LogP contribution in [0.15, 0.2) is 18.2 Å². The van der Waals surface area contributed by atoms with Crippen molar-refractivity contribution >= 4 is 17.0 Å². The number of imidazole rings is 1. The molecule has 0 saturated carbocycles. The molecule has 0 aliphatic rings. The van der Waals surface area contributed by atoms with Crippen LogP contribution in [0.2, 0.25) is 0 Å². The molecule has 1 unspecified atom stereocenters. The first-order valence-electron chi connectivity index (χ1n) is 5.90. The Labute approximate surface area is 110 Å². The number of aliphatic hydroxyl groups excluding tert-OH is 1. The molecule has 0 fully saturated rings. The van der Waals surface area contributed by atoms with Gasteiger partial charge in [-0.15, -0.1) is 0 Å². The third kappa shape index (κ3) is 2.32. The highest BCUT2D eigenvalue weighted by molar-refractivity contribution is 6.01.